The second-order valence-electron chi connectivity index (χ2n) is 5.90. The van der Waals surface area contributed by atoms with Gasteiger partial charge in [-0.3, -0.25) is 9.78 Å². The van der Waals surface area contributed by atoms with E-state index >= 15 is 0 Å². The summed E-state index contributed by atoms with van der Waals surface area (Å²) in [6.45, 7) is 6.87. The highest BCUT2D eigenvalue weighted by molar-refractivity contribution is 5.94. The molecule has 1 aliphatic heterocycles. The molecule has 3 rings (SSSR count). The van der Waals surface area contributed by atoms with Crippen molar-refractivity contribution < 1.29 is 4.79 Å². The highest BCUT2D eigenvalue weighted by Gasteiger charge is 2.31. The monoisotopic (exact) mass is 284 g/mol. The Morgan fingerprint density at radius 1 is 1.29 bits per heavy atom. The molecular formula is C16H20N4O. The van der Waals surface area contributed by atoms with E-state index in [1.165, 1.54) is 0 Å². The van der Waals surface area contributed by atoms with Crippen molar-refractivity contribution in [2.75, 3.05) is 13.1 Å². The van der Waals surface area contributed by atoms with E-state index in [0.29, 0.717) is 17.4 Å². The number of carbonyl (C=O) groups is 1. The maximum Gasteiger partial charge on any atom is 0.253 e. The second-order valence-corrected chi connectivity index (χ2v) is 5.90. The molecule has 0 unspecified atom stereocenters. The van der Waals surface area contributed by atoms with Gasteiger partial charge in [-0.15, -0.1) is 0 Å². The maximum atomic E-state index is 12.2. The minimum atomic E-state index is 0.100. The van der Waals surface area contributed by atoms with Crippen molar-refractivity contribution in [1.29, 1.82) is 0 Å². The second kappa shape index (κ2) is 5.68. The number of hydrogen-bond donors (Lipinski definition) is 0. The van der Waals surface area contributed by atoms with Crippen molar-refractivity contribution in [1.82, 2.24) is 19.4 Å². The van der Waals surface area contributed by atoms with E-state index in [2.05, 4.69) is 28.4 Å². The summed E-state index contributed by atoms with van der Waals surface area (Å²) in [5.74, 6) is 2.16. The lowest BCUT2D eigenvalue weighted by Gasteiger charge is -2.39. The molecule has 1 saturated heterocycles. The van der Waals surface area contributed by atoms with E-state index in [1.54, 1.807) is 24.5 Å². The van der Waals surface area contributed by atoms with Gasteiger partial charge in [-0.05, 0) is 12.1 Å². The van der Waals surface area contributed by atoms with Crippen LogP contribution in [0, 0.1) is 5.92 Å². The summed E-state index contributed by atoms with van der Waals surface area (Å²) < 4.78 is 2.21. The van der Waals surface area contributed by atoms with Crippen LogP contribution in [0.2, 0.25) is 0 Å². The van der Waals surface area contributed by atoms with E-state index in [1.807, 2.05) is 17.3 Å². The SMILES string of the molecule is CC(C)c1nccn1CC1CN(C(=O)c2ccncc2)C1. The van der Waals surface area contributed by atoms with Gasteiger partial charge in [0.05, 0.1) is 0 Å². The molecule has 2 aromatic heterocycles. The average Bonchev–Trinajstić information content (AvgIpc) is 2.91. The van der Waals surface area contributed by atoms with Crippen molar-refractivity contribution in [3.8, 4) is 0 Å². The number of pyridine rings is 1. The van der Waals surface area contributed by atoms with E-state index < -0.39 is 0 Å². The fourth-order valence-electron chi connectivity index (χ4n) is 2.78. The first-order valence-corrected chi connectivity index (χ1v) is 7.35. The summed E-state index contributed by atoms with van der Waals surface area (Å²) in [6.07, 6.45) is 7.20. The normalized spacial score (nSPS) is 15.3. The fourth-order valence-corrected chi connectivity index (χ4v) is 2.78. The van der Waals surface area contributed by atoms with Gasteiger partial charge in [0.2, 0.25) is 0 Å². The summed E-state index contributed by atoms with van der Waals surface area (Å²) in [6, 6.07) is 3.53. The Morgan fingerprint density at radius 2 is 2.00 bits per heavy atom. The summed E-state index contributed by atoms with van der Waals surface area (Å²) in [7, 11) is 0. The molecule has 5 nitrogen and oxygen atoms in total. The van der Waals surface area contributed by atoms with Crippen LogP contribution in [-0.4, -0.2) is 38.4 Å². The predicted octanol–water partition coefficient (Wildman–Crippen LogP) is 2.17. The van der Waals surface area contributed by atoms with Gasteiger partial charge in [-0.1, -0.05) is 13.8 Å². The first kappa shape index (κ1) is 13.8. The number of aromatic nitrogens is 3. The zero-order valence-corrected chi connectivity index (χ0v) is 12.4. The van der Waals surface area contributed by atoms with Crippen molar-refractivity contribution in [3.05, 3.63) is 48.3 Å². The summed E-state index contributed by atoms with van der Waals surface area (Å²) in [5.41, 5.74) is 0.717. The molecule has 0 saturated carbocycles. The minimum Gasteiger partial charge on any atom is -0.338 e. The number of nitrogens with zero attached hydrogens (tertiary/aromatic N) is 4. The van der Waals surface area contributed by atoms with Gasteiger partial charge in [0, 0.05) is 61.8 Å². The molecule has 0 N–H and O–H groups in total. The lowest BCUT2D eigenvalue weighted by molar-refractivity contribution is 0.0466. The summed E-state index contributed by atoms with van der Waals surface area (Å²) in [5, 5.41) is 0. The van der Waals surface area contributed by atoms with Crippen molar-refractivity contribution in [2.24, 2.45) is 5.92 Å². The Morgan fingerprint density at radius 3 is 2.67 bits per heavy atom. The molecular weight excluding hydrogens is 264 g/mol. The fraction of sp³-hybridized carbons (Fsp3) is 0.438. The molecule has 0 spiro atoms. The lowest BCUT2D eigenvalue weighted by atomic mass is 9.98. The Kier molecular flexibility index (Phi) is 3.73. The molecule has 21 heavy (non-hydrogen) atoms. The van der Waals surface area contributed by atoms with Gasteiger partial charge in [0.15, 0.2) is 0 Å². The van der Waals surface area contributed by atoms with Gasteiger partial charge in [0.1, 0.15) is 5.82 Å². The maximum absolute atomic E-state index is 12.2. The number of amides is 1. The summed E-state index contributed by atoms with van der Waals surface area (Å²) >= 11 is 0. The molecule has 0 bridgehead atoms. The largest absolute Gasteiger partial charge is 0.338 e. The van der Waals surface area contributed by atoms with Crippen LogP contribution >= 0.6 is 0 Å². The number of rotatable bonds is 4. The molecule has 0 radical (unpaired) electrons. The Balaban J connectivity index is 1.57. The molecule has 1 aliphatic rings. The molecule has 1 fully saturated rings. The highest BCUT2D eigenvalue weighted by Crippen LogP contribution is 2.22. The molecule has 5 heteroatoms. The van der Waals surface area contributed by atoms with Gasteiger partial charge >= 0.3 is 0 Å². The van der Waals surface area contributed by atoms with Crippen LogP contribution in [0.3, 0.4) is 0 Å². The van der Waals surface area contributed by atoms with Crippen molar-refractivity contribution >= 4 is 5.91 Å². The van der Waals surface area contributed by atoms with Crippen LogP contribution in [-0.2, 0) is 6.54 Å². The van der Waals surface area contributed by atoms with Crippen molar-refractivity contribution in [2.45, 2.75) is 26.3 Å². The summed E-state index contributed by atoms with van der Waals surface area (Å²) in [4.78, 5) is 22.5. The first-order chi connectivity index (χ1) is 10.1. The minimum absolute atomic E-state index is 0.100. The predicted molar refractivity (Wildman–Crippen MR) is 79.9 cm³/mol. The number of hydrogen-bond acceptors (Lipinski definition) is 3. The topological polar surface area (TPSA) is 51.0 Å². The van der Waals surface area contributed by atoms with E-state index in [9.17, 15) is 4.79 Å². The van der Waals surface area contributed by atoms with Crippen LogP contribution in [0.25, 0.3) is 0 Å². The third kappa shape index (κ3) is 2.82. The van der Waals surface area contributed by atoms with Crippen LogP contribution in [0.15, 0.2) is 36.9 Å². The smallest absolute Gasteiger partial charge is 0.253 e. The molecule has 0 atom stereocenters. The number of carbonyl (C=O) groups excluding carboxylic acids is 1. The number of imidazole rings is 1. The molecule has 3 heterocycles. The van der Waals surface area contributed by atoms with Crippen LogP contribution in [0.5, 0.6) is 0 Å². The van der Waals surface area contributed by atoms with Gasteiger partial charge in [0.25, 0.3) is 5.91 Å². The van der Waals surface area contributed by atoms with Gasteiger partial charge in [-0.25, -0.2) is 4.98 Å². The van der Waals surface area contributed by atoms with Crippen LogP contribution in [0.4, 0.5) is 0 Å². The van der Waals surface area contributed by atoms with E-state index in [-0.39, 0.29) is 5.91 Å². The zero-order chi connectivity index (χ0) is 14.8. The molecule has 2 aromatic rings. The van der Waals surface area contributed by atoms with E-state index in [4.69, 9.17) is 0 Å². The highest BCUT2D eigenvalue weighted by atomic mass is 16.2. The molecule has 0 aromatic carbocycles. The Bertz CT molecular complexity index is 614. The first-order valence-electron chi connectivity index (χ1n) is 7.35. The molecule has 1 amide bonds. The Labute approximate surface area is 124 Å². The van der Waals surface area contributed by atoms with Crippen LogP contribution in [0.1, 0.15) is 35.9 Å². The third-order valence-corrected chi connectivity index (χ3v) is 3.89. The third-order valence-electron chi connectivity index (χ3n) is 3.89. The average molecular weight is 284 g/mol. The van der Waals surface area contributed by atoms with Gasteiger partial charge < -0.3 is 9.47 Å². The standard InChI is InChI=1S/C16H20N4O/c1-12(2)15-18-7-8-19(15)9-13-10-20(11-13)16(21)14-3-5-17-6-4-14/h3-8,12-13H,9-11H2,1-2H3. The molecule has 110 valence electrons. The Hall–Kier alpha value is -2.17. The van der Waals surface area contributed by atoms with Crippen LogP contribution < -0.4 is 0 Å². The van der Waals surface area contributed by atoms with Crippen molar-refractivity contribution in [3.63, 3.8) is 0 Å². The molecule has 0 aliphatic carbocycles. The van der Waals surface area contributed by atoms with E-state index in [0.717, 1.165) is 25.5 Å². The lowest BCUT2D eigenvalue weighted by Crippen LogP contribution is -2.51. The number of likely N-dealkylation sites (tertiary alicyclic amines) is 1. The quantitative estimate of drug-likeness (QED) is 0.864. The van der Waals surface area contributed by atoms with Gasteiger partial charge in [-0.2, -0.15) is 0 Å². The zero-order valence-electron chi connectivity index (χ0n) is 12.4.